The third kappa shape index (κ3) is 5.73. The number of nitrogens with one attached hydrogen (secondary N) is 1. The van der Waals surface area contributed by atoms with Crippen molar-refractivity contribution in [1.29, 1.82) is 0 Å². The van der Waals surface area contributed by atoms with Crippen molar-refractivity contribution in [3.8, 4) is 23.0 Å². The average molecular weight is 393 g/mol. The summed E-state index contributed by atoms with van der Waals surface area (Å²) >= 11 is 0. The molecule has 0 aliphatic heterocycles. The zero-order chi connectivity index (χ0) is 20.7. The molecule has 1 amide bonds. The number of carbonyl (C=O) groups excluding carboxylic acids is 1. The minimum atomic E-state index is -4.46. The van der Waals surface area contributed by atoms with Crippen LogP contribution in [0.2, 0.25) is 0 Å². The normalized spacial score (nSPS) is 10.7. The molecule has 0 heterocycles. The molecule has 0 spiro atoms. The van der Waals surface area contributed by atoms with E-state index in [2.05, 4.69) is 17.2 Å². The lowest BCUT2D eigenvalue weighted by Gasteiger charge is -2.08. The molecule has 146 valence electrons. The average Bonchev–Trinajstić information content (AvgIpc) is 2.72. The number of rotatable bonds is 4. The number of hydrogen-bond acceptors (Lipinski definition) is 1. The Hall–Kier alpha value is -3.52. The monoisotopic (exact) mass is 393 g/mol. The fraction of sp³-hybridized carbons (Fsp3) is 0.125. The Bertz CT molecular complexity index is 1030. The van der Waals surface area contributed by atoms with Crippen LogP contribution >= 0.6 is 0 Å². The molecule has 3 rings (SSSR count). The maximum absolute atomic E-state index is 12.9. The summed E-state index contributed by atoms with van der Waals surface area (Å²) in [6, 6.07) is 22.7. The summed E-state index contributed by atoms with van der Waals surface area (Å²) in [5.41, 5.74) is 2.11. The van der Waals surface area contributed by atoms with Crippen LogP contribution in [-0.2, 0) is 17.4 Å². The van der Waals surface area contributed by atoms with Crippen LogP contribution in [0.4, 0.5) is 13.2 Å². The van der Waals surface area contributed by atoms with E-state index in [-0.39, 0.29) is 24.4 Å². The Labute approximate surface area is 167 Å². The molecule has 0 aliphatic rings. The van der Waals surface area contributed by atoms with Gasteiger partial charge in [-0.05, 0) is 28.8 Å². The Balaban J connectivity index is 1.55. The molecule has 3 aromatic carbocycles. The molecule has 0 aliphatic carbocycles. The first-order valence-corrected chi connectivity index (χ1v) is 8.99. The predicted molar refractivity (Wildman–Crippen MR) is 107 cm³/mol. The van der Waals surface area contributed by atoms with Crippen LogP contribution in [0.15, 0.2) is 78.9 Å². The molecule has 0 saturated carbocycles. The van der Waals surface area contributed by atoms with E-state index in [4.69, 9.17) is 0 Å². The van der Waals surface area contributed by atoms with Crippen LogP contribution in [0.25, 0.3) is 11.1 Å². The fourth-order valence-electron chi connectivity index (χ4n) is 2.82. The number of carbonyl (C=O) groups is 1. The first kappa shape index (κ1) is 20.2. The summed E-state index contributed by atoms with van der Waals surface area (Å²) in [6.45, 7) is -0.0207. The van der Waals surface area contributed by atoms with Crippen molar-refractivity contribution >= 4 is 5.91 Å². The van der Waals surface area contributed by atoms with E-state index < -0.39 is 11.7 Å². The molecule has 3 aromatic rings. The van der Waals surface area contributed by atoms with Crippen LogP contribution < -0.4 is 5.32 Å². The molecule has 29 heavy (non-hydrogen) atoms. The van der Waals surface area contributed by atoms with Gasteiger partial charge in [0.15, 0.2) is 0 Å². The Morgan fingerprint density at radius 3 is 2.14 bits per heavy atom. The summed E-state index contributed by atoms with van der Waals surface area (Å²) in [6.07, 6.45) is -4.28. The van der Waals surface area contributed by atoms with Gasteiger partial charge in [-0.25, -0.2) is 0 Å². The van der Waals surface area contributed by atoms with Crippen molar-refractivity contribution in [2.24, 2.45) is 0 Å². The largest absolute Gasteiger partial charge is 0.417 e. The van der Waals surface area contributed by atoms with E-state index in [0.717, 1.165) is 22.8 Å². The maximum Gasteiger partial charge on any atom is 0.417 e. The van der Waals surface area contributed by atoms with Gasteiger partial charge in [0.2, 0.25) is 5.91 Å². The second-order valence-corrected chi connectivity index (χ2v) is 6.36. The summed E-state index contributed by atoms with van der Waals surface area (Å²) in [7, 11) is 0. The van der Waals surface area contributed by atoms with Crippen LogP contribution in [0.1, 0.15) is 16.7 Å². The number of benzene rings is 3. The number of halogens is 3. The van der Waals surface area contributed by atoms with E-state index >= 15 is 0 Å². The highest BCUT2D eigenvalue weighted by molar-refractivity contribution is 5.79. The van der Waals surface area contributed by atoms with Gasteiger partial charge in [0.25, 0.3) is 0 Å². The van der Waals surface area contributed by atoms with Gasteiger partial charge in [-0.2, -0.15) is 13.2 Å². The van der Waals surface area contributed by atoms with Crippen LogP contribution in [0.3, 0.4) is 0 Å². The van der Waals surface area contributed by atoms with E-state index in [9.17, 15) is 18.0 Å². The highest BCUT2D eigenvalue weighted by Crippen LogP contribution is 2.31. The minimum Gasteiger partial charge on any atom is -0.345 e. The van der Waals surface area contributed by atoms with Gasteiger partial charge in [0, 0.05) is 5.56 Å². The molecule has 5 heteroatoms. The number of amides is 1. The standard InChI is InChI=1S/C24H18F3NO/c25-24(26,27)22-11-5-4-9-21(22)10-6-16-28-23(29)17-18-12-14-20(15-13-18)19-7-2-1-3-8-19/h1-5,7-9,11-15H,16-17H2,(H,28,29). The third-order valence-corrected chi connectivity index (χ3v) is 4.26. The smallest absolute Gasteiger partial charge is 0.345 e. The number of hydrogen-bond donors (Lipinski definition) is 1. The minimum absolute atomic E-state index is 0.0207. The third-order valence-electron chi connectivity index (χ3n) is 4.26. The van der Waals surface area contributed by atoms with E-state index in [1.165, 1.54) is 18.2 Å². The topological polar surface area (TPSA) is 29.1 Å². The van der Waals surface area contributed by atoms with Crippen LogP contribution in [-0.4, -0.2) is 12.5 Å². The Kier molecular flexibility index (Phi) is 6.36. The molecule has 2 nitrogen and oxygen atoms in total. The van der Waals surface area contributed by atoms with Gasteiger partial charge in [0.05, 0.1) is 18.5 Å². The van der Waals surface area contributed by atoms with Crippen molar-refractivity contribution in [2.45, 2.75) is 12.6 Å². The Morgan fingerprint density at radius 2 is 1.45 bits per heavy atom. The second kappa shape index (κ2) is 9.11. The van der Waals surface area contributed by atoms with Crippen molar-refractivity contribution < 1.29 is 18.0 Å². The molecular formula is C24H18F3NO. The van der Waals surface area contributed by atoms with Gasteiger partial charge in [0.1, 0.15) is 0 Å². The highest BCUT2D eigenvalue weighted by atomic mass is 19.4. The van der Waals surface area contributed by atoms with E-state index in [0.29, 0.717) is 0 Å². The van der Waals surface area contributed by atoms with Crippen molar-refractivity contribution in [2.75, 3.05) is 6.54 Å². The highest BCUT2D eigenvalue weighted by Gasteiger charge is 2.32. The zero-order valence-electron chi connectivity index (χ0n) is 15.5. The molecule has 0 fully saturated rings. The predicted octanol–water partition coefficient (Wildman–Crippen LogP) is 5.08. The first-order chi connectivity index (χ1) is 13.9. The summed E-state index contributed by atoms with van der Waals surface area (Å²) in [5.74, 6) is 4.82. The van der Waals surface area contributed by atoms with Gasteiger partial charge in [-0.1, -0.05) is 78.6 Å². The van der Waals surface area contributed by atoms with Gasteiger partial charge < -0.3 is 5.32 Å². The van der Waals surface area contributed by atoms with E-state index in [1.54, 1.807) is 0 Å². The molecule has 0 atom stereocenters. The summed E-state index contributed by atoms with van der Waals surface area (Å²) in [4.78, 5) is 12.0. The molecule has 0 saturated heterocycles. The van der Waals surface area contributed by atoms with Crippen molar-refractivity contribution in [3.63, 3.8) is 0 Å². The van der Waals surface area contributed by atoms with Crippen molar-refractivity contribution in [3.05, 3.63) is 95.6 Å². The Morgan fingerprint density at radius 1 is 0.828 bits per heavy atom. The van der Waals surface area contributed by atoms with Gasteiger partial charge >= 0.3 is 6.18 Å². The molecule has 0 bridgehead atoms. The molecule has 0 unspecified atom stereocenters. The van der Waals surface area contributed by atoms with E-state index in [1.807, 2.05) is 54.6 Å². The van der Waals surface area contributed by atoms with Crippen molar-refractivity contribution in [1.82, 2.24) is 5.32 Å². The second-order valence-electron chi connectivity index (χ2n) is 6.36. The van der Waals surface area contributed by atoms with Crippen LogP contribution in [0.5, 0.6) is 0 Å². The SMILES string of the molecule is O=C(Cc1ccc(-c2ccccc2)cc1)NCC#Cc1ccccc1C(F)(F)F. The maximum atomic E-state index is 12.9. The molecule has 1 N–H and O–H groups in total. The lowest BCUT2D eigenvalue weighted by Crippen LogP contribution is -2.25. The zero-order valence-corrected chi connectivity index (χ0v) is 15.5. The molecular weight excluding hydrogens is 375 g/mol. The first-order valence-electron chi connectivity index (χ1n) is 8.99. The quantitative estimate of drug-likeness (QED) is 0.615. The number of alkyl halides is 3. The summed E-state index contributed by atoms with van der Waals surface area (Å²) < 4.78 is 38.8. The molecule has 0 radical (unpaired) electrons. The fourth-order valence-corrected chi connectivity index (χ4v) is 2.82. The van der Waals surface area contributed by atoms with Crippen LogP contribution in [0, 0.1) is 11.8 Å². The lowest BCUT2D eigenvalue weighted by molar-refractivity contribution is -0.137. The van der Waals surface area contributed by atoms with Gasteiger partial charge in [-0.15, -0.1) is 0 Å². The lowest BCUT2D eigenvalue weighted by atomic mass is 10.0. The molecule has 0 aromatic heterocycles. The van der Waals surface area contributed by atoms with Gasteiger partial charge in [-0.3, -0.25) is 4.79 Å². The summed E-state index contributed by atoms with van der Waals surface area (Å²) in [5, 5.41) is 2.61.